The molecule has 2 atom stereocenters. The van der Waals surface area contributed by atoms with Crippen molar-refractivity contribution in [3.05, 3.63) is 84.4 Å². The molecule has 4 aromatic rings. The minimum absolute atomic E-state index is 0.00527. The lowest BCUT2D eigenvalue weighted by molar-refractivity contribution is -0.158. The summed E-state index contributed by atoms with van der Waals surface area (Å²) in [6.07, 6.45) is 10.4. The van der Waals surface area contributed by atoms with Crippen molar-refractivity contribution in [3.8, 4) is 11.5 Å². The van der Waals surface area contributed by atoms with Gasteiger partial charge in [-0.05, 0) is 140 Å². The van der Waals surface area contributed by atoms with Crippen LogP contribution in [0.5, 0.6) is 11.5 Å². The maximum atomic E-state index is 13.9. The fourth-order valence-electron chi connectivity index (χ4n) is 9.33. The van der Waals surface area contributed by atoms with E-state index >= 15 is 0 Å². The zero-order valence-electron chi connectivity index (χ0n) is 45.2. The third kappa shape index (κ3) is 15.8. The Hall–Kier alpha value is -4.52. The Morgan fingerprint density at radius 2 is 0.919 bits per heavy atom. The van der Waals surface area contributed by atoms with Crippen molar-refractivity contribution >= 4 is 77.9 Å². The van der Waals surface area contributed by atoms with Crippen molar-refractivity contribution in [1.29, 1.82) is 0 Å². The molecular formula is C56H76F2N2O10S4. The van der Waals surface area contributed by atoms with Crippen LogP contribution in [-0.2, 0) is 38.7 Å². The van der Waals surface area contributed by atoms with E-state index in [1.165, 1.54) is 59.9 Å². The molecule has 2 heterocycles. The number of esters is 2. The van der Waals surface area contributed by atoms with E-state index in [1.54, 1.807) is 77.9 Å². The molecule has 0 fully saturated rings. The number of ether oxygens (including phenoxy) is 4. The Labute approximate surface area is 447 Å². The van der Waals surface area contributed by atoms with Crippen molar-refractivity contribution < 1.29 is 54.2 Å². The number of halogens is 2. The van der Waals surface area contributed by atoms with Gasteiger partial charge >= 0.3 is 11.9 Å². The number of benzene rings is 4. The van der Waals surface area contributed by atoms with Gasteiger partial charge in [0.05, 0.1) is 42.5 Å². The molecule has 0 amide bonds. The van der Waals surface area contributed by atoms with E-state index in [4.69, 9.17) is 18.9 Å². The van der Waals surface area contributed by atoms with Gasteiger partial charge in [-0.3, -0.25) is 0 Å². The van der Waals surface area contributed by atoms with E-state index in [1.807, 2.05) is 36.2 Å². The number of rotatable bonds is 18. The van der Waals surface area contributed by atoms with Gasteiger partial charge in [-0.2, -0.15) is 0 Å². The molecule has 0 bridgehead atoms. The first-order valence-electron chi connectivity index (χ1n) is 25.3. The number of nitrogens with zero attached hydrogens (tertiary/aromatic N) is 2. The number of fused-ring (bicyclic) bond motifs is 2. The largest absolute Gasteiger partial charge is 0.481 e. The Bertz CT molecular complexity index is 2610. The van der Waals surface area contributed by atoms with Gasteiger partial charge in [0.2, 0.25) is 0 Å². The summed E-state index contributed by atoms with van der Waals surface area (Å²) in [6, 6.07) is 19.0. The third-order valence-corrected chi connectivity index (χ3v) is 18.6. The average molecular weight is 1100 g/mol. The van der Waals surface area contributed by atoms with E-state index in [9.17, 15) is 35.2 Å². The number of thioether (sulfide) groups is 2. The van der Waals surface area contributed by atoms with Crippen LogP contribution in [0.1, 0.15) is 121 Å². The first-order chi connectivity index (χ1) is 34.7. The van der Waals surface area contributed by atoms with Gasteiger partial charge in [-0.1, -0.05) is 53.4 Å². The summed E-state index contributed by atoms with van der Waals surface area (Å²) in [4.78, 5) is 30.3. The van der Waals surface area contributed by atoms with Gasteiger partial charge in [0.25, 0.3) is 0 Å². The Kier molecular flexibility index (Phi) is 20.5. The number of unbranched alkanes of at least 4 members (excludes halogenated alkanes) is 2. The van der Waals surface area contributed by atoms with Crippen LogP contribution in [0.25, 0.3) is 0 Å². The van der Waals surface area contributed by atoms with E-state index in [0.717, 1.165) is 49.9 Å². The second-order valence-electron chi connectivity index (χ2n) is 21.2. The number of anilines is 4. The molecule has 12 nitrogen and oxygen atoms in total. The molecule has 0 unspecified atom stereocenters. The maximum Gasteiger partial charge on any atom is 0.344 e. The highest BCUT2D eigenvalue weighted by Crippen LogP contribution is 2.49. The molecule has 0 radical (unpaired) electrons. The molecule has 4 aromatic carbocycles. The minimum Gasteiger partial charge on any atom is -0.481 e. The van der Waals surface area contributed by atoms with Crippen LogP contribution < -0.4 is 19.3 Å². The normalized spacial score (nSPS) is 19.2. The Balaban J connectivity index is 0.000000274. The highest BCUT2D eigenvalue weighted by Gasteiger charge is 2.44. The lowest BCUT2D eigenvalue weighted by atomic mass is 9.81. The molecule has 0 saturated carbocycles. The molecule has 6 rings (SSSR count). The molecule has 74 heavy (non-hydrogen) atoms. The summed E-state index contributed by atoms with van der Waals surface area (Å²) in [7, 11) is -7.43. The summed E-state index contributed by atoms with van der Waals surface area (Å²) >= 11 is 2.80. The second kappa shape index (κ2) is 25.1. The topological polar surface area (TPSA) is 146 Å². The monoisotopic (exact) mass is 1100 g/mol. The number of sulfone groups is 2. The fraction of sp³-hybridized carbons (Fsp3) is 0.536. The van der Waals surface area contributed by atoms with Gasteiger partial charge in [0.1, 0.15) is 34.3 Å². The number of carbonyl (C=O) groups is 2. The Morgan fingerprint density at radius 3 is 1.20 bits per heavy atom. The molecule has 2 aliphatic heterocycles. The summed E-state index contributed by atoms with van der Waals surface area (Å²) in [5, 5.41) is 0. The summed E-state index contributed by atoms with van der Waals surface area (Å²) in [5.74, 6) is -1.12. The summed E-state index contributed by atoms with van der Waals surface area (Å²) in [5.41, 5.74) is 0.264. The molecule has 2 aliphatic rings. The quantitative estimate of drug-likeness (QED) is 0.0688. The summed E-state index contributed by atoms with van der Waals surface area (Å²) in [6.45, 7) is 19.2. The number of hydrogen-bond acceptors (Lipinski definition) is 14. The number of hydrogen-bond donors (Lipinski definition) is 0. The van der Waals surface area contributed by atoms with Crippen LogP contribution in [0.15, 0.2) is 92.4 Å². The standard InChI is InChI=1S/2C28H38FNO5S2/c2*1-7-9-14-28(8-2)18-30(21-12-10-20(29)11-13-21)22-15-24(36-6)23(16-25(22)37(32,33)19-28)34-17-26(31)35-27(3,4)5/h2*10-13,15-16H,7-9,14,17-19H2,1-6H3/t2*28-/m10/s1. The van der Waals surface area contributed by atoms with Gasteiger partial charge in [0, 0.05) is 47.4 Å². The first-order valence-corrected chi connectivity index (χ1v) is 31.1. The molecule has 408 valence electrons. The number of carbonyl (C=O) groups excluding carboxylic acids is 2. The summed E-state index contributed by atoms with van der Waals surface area (Å²) < 4.78 is 105. The maximum absolute atomic E-state index is 13.9. The van der Waals surface area contributed by atoms with Crippen molar-refractivity contribution in [1.82, 2.24) is 0 Å². The van der Waals surface area contributed by atoms with Crippen LogP contribution in [0.3, 0.4) is 0 Å². The van der Waals surface area contributed by atoms with Crippen LogP contribution >= 0.6 is 23.5 Å². The van der Waals surface area contributed by atoms with E-state index in [2.05, 4.69) is 13.8 Å². The minimum atomic E-state index is -3.71. The zero-order chi connectivity index (χ0) is 54.9. The lowest BCUT2D eigenvalue weighted by Crippen LogP contribution is -2.37. The molecular weight excluding hydrogens is 1030 g/mol. The third-order valence-electron chi connectivity index (χ3n) is 13.2. The molecule has 0 saturated heterocycles. The molecule has 18 heteroatoms. The fourth-order valence-corrected chi connectivity index (χ4v) is 14.8. The molecule has 0 spiro atoms. The molecule has 0 N–H and O–H groups in total. The zero-order valence-corrected chi connectivity index (χ0v) is 48.5. The van der Waals surface area contributed by atoms with Crippen molar-refractivity contribution in [3.63, 3.8) is 0 Å². The van der Waals surface area contributed by atoms with Gasteiger partial charge in [0.15, 0.2) is 32.9 Å². The van der Waals surface area contributed by atoms with Gasteiger partial charge < -0.3 is 28.7 Å². The van der Waals surface area contributed by atoms with Crippen molar-refractivity contribution in [2.24, 2.45) is 10.8 Å². The SMILES string of the molecule is CCCC[C@@]1(CC)CN(c2ccc(F)cc2)c2cc(SC)c(OCC(=O)OC(C)(C)C)cc2S(=O)(=O)C1.CCCC[C@]1(CC)CN(c2ccc(F)cc2)c2cc(SC)c(OCC(=O)OC(C)(C)C)cc2S(=O)(=O)C1. The van der Waals surface area contributed by atoms with Gasteiger partial charge in [-0.15, -0.1) is 23.5 Å². The van der Waals surface area contributed by atoms with Crippen LogP contribution in [0, 0.1) is 22.5 Å². The molecule has 0 aliphatic carbocycles. The second-order valence-corrected chi connectivity index (χ2v) is 26.9. The highest BCUT2D eigenvalue weighted by molar-refractivity contribution is 7.99. The van der Waals surface area contributed by atoms with Gasteiger partial charge in [-0.25, -0.2) is 35.2 Å². The molecule has 0 aromatic heterocycles. The lowest BCUT2D eigenvalue weighted by Gasteiger charge is -2.36. The van der Waals surface area contributed by atoms with E-state index in [0.29, 0.717) is 58.6 Å². The first kappa shape index (κ1) is 60.3. The van der Waals surface area contributed by atoms with Crippen molar-refractivity contribution in [2.45, 2.75) is 151 Å². The van der Waals surface area contributed by atoms with Crippen LogP contribution in [0.2, 0.25) is 0 Å². The predicted molar refractivity (Wildman–Crippen MR) is 295 cm³/mol. The van der Waals surface area contributed by atoms with Crippen LogP contribution in [-0.4, -0.2) is 90.3 Å². The average Bonchev–Trinajstić information content (AvgIpc) is 3.49. The van der Waals surface area contributed by atoms with E-state index < -0.39 is 53.6 Å². The van der Waals surface area contributed by atoms with E-state index in [-0.39, 0.29) is 46.1 Å². The predicted octanol–water partition coefficient (Wildman–Crippen LogP) is 13.6. The van der Waals surface area contributed by atoms with Crippen LogP contribution in [0.4, 0.5) is 31.5 Å². The highest BCUT2D eigenvalue weighted by atomic mass is 32.2. The van der Waals surface area contributed by atoms with Crippen molar-refractivity contribution in [2.75, 3.05) is 60.1 Å². The Morgan fingerprint density at radius 1 is 0.581 bits per heavy atom. The smallest absolute Gasteiger partial charge is 0.344 e.